The second-order valence-electron chi connectivity index (χ2n) is 4.66. The third kappa shape index (κ3) is 4.16. The molecule has 1 aromatic heterocycles. The predicted molar refractivity (Wildman–Crippen MR) is 79.1 cm³/mol. The molecule has 2 rings (SSSR count). The molecule has 21 heavy (non-hydrogen) atoms. The largest absolute Gasteiger partial charge is 0.493 e. The minimum Gasteiger partial charge on any atom is -0.493 e. The Labute approximate surface area is 127 Å². The molecule has 0 fully saturated rings. The van der Waals surface area contributed by atoms with Crippen LogP contribution >= 0.6 is 11.6 Å². The number of aryl methyl sites for hydroxylation is 2. The number of ether oxygens (including phenoxy) is 1. The van der Waals surface area contributed by atoms with Crippen LogP contribution in [0.2, 0.25) is 5.15 Å². The fourth-order valence-corrected chi connectivity index (χ4v) is 2.10. The normalized spacial score (nSPS) is 10.4. The molecule has 0 saturated heterocycles. The van der Waals surface area contributed by atoms with E-state index in [4.69, 9.17) is 21.4 Å². The first kappa shape index (κ1) is 15.3. The minimum absolute atomic E-state index is 0.114. The third-order valence-electron chi connectivity index (χ3n) is 2.87. The summed E-state index contributed by atoms with van der Waals surface area (Å²) in [5.41, 5.74) is 2.11. The van der Waals surface area contributed by atoms with Gasteiger partial charge in [0.25, 0.3) is 0 Å². The second-order valence-corrected chi connectivity index (χ2v) is 5.05. The maximum absolute atomic E-state index is 10.9. The van der Waals surface area contributed by atoms with Crippen molar-refractivity contribution in [2.24, 2.45) is 0 Å². The zero-order chi connectivity index (χ0) is 15.4. The van der Waals surface area contributed by atoms with Crippen molar-refractivity contribution in [1.29, 1.82) is 0 Å². The second kappa shape index (κ2) is 6.54. The molecule has 110 valence electrons. The SMILES string of the molecule is Cc1ccc(OCCc2nc(Cl)cc(C(=O)O)n2)c(C)c1. The lowest BCUT2D eigenvalue weighted by Gasteiger charge is -2.09. The lowest BCUT2D eigenvalue weighted by atomic mass is 10.1. The van der Waals surface area contributed by atoms with Crippen LogP contribution in [-0.4, -0.2) is 27.7 Å². The number of nitrogens with zero attached hydrogens (tertiary/aromatic N) is 2. The Morgan fingerprint density at radius 3 is 2.71 bits per heavy atom. The molecule has 0 atom stereocenters. The van der Waals surface area contributed by atoms with Crippen molar-refractivity contribution in [2.75, 3.05) is 6.61 Å². The van der Waals surface area contributed by atoms with Crippen LogP contribution < -0.4 is 4.74 Å². The van der Waals surface area contributed by atoms with Crippen LogP contribution in [0.3, 0.4) is 0 Å². The fraction of sp³-hybridized carbons (Fsp3) is 0.267. The number of rotatable bonds is 5. The van der Waals surface area contributed by atoms with Crippen molar-refractivity contribution in [3.63, 3.8) is 0 Å². The van der Waals surface area contributed by atoms with Gasteiger partial charge in [0.2, 0.25) is 0 Å². The standard InChI is InChI=1S/C15H15ClN2O3/c1-9-3-4-12(10(2)7-9)21-6-5-14-17-11(15(19)20)8-13(16)18-14/h3-4,7-8H,5-6H2,1-2H3,(H,19,20). The molecule has 0 aliphatic carbocycles. The highest BCUT2D eigenvalue weighted by molar-refractivity contribution is 6.29. The van der Waals surface area contributed by atoms with Gasteiger partial charge >= 0.3 is 5.97 Å². The first-order valence-corrected chi connectivity index (χ1v) is 6.80. The van der Waals surface area contributed by atoms with Crippen LogP contribution in [0.15, 0.2) is 24.3 Å². The van der Waals surface area contributed by atoms with Crippen molar-refractivity contribution < 1.29 is 14.6 Å². The number of benzene rings is 1. The molecule has 1 N–H and O–H groups in total. The van der Waals surface area contributed by atoms with Gasteiger partial charge in [-0.1, -0.05) is 29.3 Å². The van der Waals surface area contributed by atoms with E-state index >= 15 is 0 Å². The van der Waals surface area contributed by atoms with Gasteiger partial charge in [-0.25, -0.2) is 14.8 Å². The molecule has 0 saturated carbocycles. The van der Waals surface area contributed by atoms with E-state index in [1.54, 1.807) is 0 Å². The number of hydrogen-bond donors (Lipinski definition) is 1. The lowest BCUT2D eigenvalue weighted by molar-refractivity contribution is 0.0689. The summed E-state index contributed by atoms with van der Waals surface area (Å²) < 4.78 is 5.67. The molecule has 0 aliphatic heterocycles. The van der Waals surface area contributed by atoms with E-state index in [2.05, 4.69) is 9.97 Å². The number of carboxylic acids is 1. The fourth-order valence-electron chi connectivity index (χ4n) is 1.90. The van der Waals surface area contributed by atoms with Crippen LogP contribution in [0.1, 0.15) is 27.4 Å². The van der Waals surface area contributed by atoms with Crippen LogP contribution in [-0.2, 0) is 6.42 Å². The molecule has 0 bridgehead atoms. The van der Waals surface area contributed by atoms with Gasteiger partial charge in [0.1, 0.15) is 16.7 Å². The van der Waals surface area contributed by atoms with E-state index in [9.17, 15) is 4.79 Å². The molecule has 0 radical (unpaired) electrons. The number of aromatic nitrogens is 2. The van der Waals surface area contributed by atoms with Gasteiger partial charge in [0, 0.05) is 12.5 Å². The summed E-state index contributed by atoms with van der Waals surface area (Å²) in [4.78, 5) is 18.8. The zero-order valence-electron chi connectivity index (χ0n) is 11.8. The van der Waals surface area contributed by atoms with E-state index in [1.807, 2.05) is 32.0 Å². The molecule has 0 spiro atoms. The molecule has 0 amide bonds. The summed E-state index contributed by atoms with van der Waals surface area (Å²) in [6.45, 7) is 4.34. The number of hydrogen-bond acceptors (Lipinski definition) is 4. The van der Waals surface area contributed by atoms with Crippen molar-refractivity contribution in [2.45, 2.75) is 20.3 Å². The monoisotopic (exact) mass is 306 g/mol. The molecule has 2 aromatic rings. The van der Waals surface area contributed by atoms with Crippen molar-refractivity contribution >= 4 is 17.6 Å². The molecule has 1 aromatic carbocycles. The van der Waals surface area contributed by atoms with Gasteiger partial charge in [-0.05, 0) is 25.5 Å². The van der Waals surface area contributed by atoms with E-state index in [1.165, 1.54) is 11.6 Å². The topological polar surface area (TPSA) is 72.3 Å². The summed E-state index contributed by atoms with van der Waals surface area (Å²) >= 11 is 5.78. The van der Waals surface area contributed by atoms with Crippen LogP contribution in [0.25, 0.3) is 0 Å². The van der Waals surface area contributed by atoms with Crippen molar-refractivity contribution in [3.05, 3.63) is 52.1 Å². The van der Waals surface area contributed by atoms with Crippen LogP contribution in [0.5, 0.6) is 5.75 Å². The Balaban J connectivity index is 2.01. The highest BCUT2D eigenvalue weighted by atomic mass is 35.5. The lowest BCUT2D eigenvalue weighted by Crippen LogP contribution is -2.09. The average molecular weight is 307 g/mol. The molecule has 6 heteroatoms. The van der Waals surface area contributed by atoms with Gasteiger partial charge < -0.3 is 9.84 Å². The van der Waals surface area contributed by atoms with Crippen LogP contribution in [0, 0.1) is 13.8 Å². The Morgan fingerprint density at radius 2 is 2.05 bits per heavy atom. The summed E-state index contributed by atoms with van der Waals surface area (Å²) in [5.74, 6) is 0.0154. The Kier molecular flexibility index (Phi) is 4.75. The Hall–Kier alpha value is -2.14. The van der Waals surface area contributed by atoms with Gasteiger partial charge in [0.15, 0.2) is 5.69 Å². The maximum Gasteiger partial charge on any atom is 0.354 e. The Morgan fingerprint density at radius 1 is 1.29 bits per heavy atom. The average Bonchev–Trinajstić information content (AvgIpc) is 2.40. The third-order valence-corrected chi connectivity index (χ3v) is 3.07. The van der Waals surface area contributed by atoms with E-state index < -0.39 is 5.97 Å². The minimum atomic E-state index is -1.13. The molecule has 0 unspecified atom stereocenters. The van der Waals surface area contributed by atoms with Gasteiger partial charge in [0.05, 0.1) is 6.61 Å². The number of aromatic carboxylic acids is 1. The van der Waals surface area contributed by atoms with Gasteiger partial charge in [-0.2, -0.15) is 0 Å². The molecule has 1 heterocycles. The predicted octanol–water partition coefficient (Wildman–Crippen LogP) is 3.07. The smallest absolute Gasteiger partial charge is 0.354 e. The highest BCUT2D eigenvalue weighted by Crippen LogP contribution is 2.18. The summed E-state index contributed by atoms with van der Waals surface area (Å²) in [6.07, 6.45) is 0.383. The number of carboxylic acid groups (broad SMARTS) is 1. The first-order valence-electron chi connectivity index (χ1n) is 6.42. The summed E-state index contributed by atoms with van der Waals surface area (Å²) in [6, 6.07) is 7.14. The van der Waals surface area contributed by atoms with Crippen molar-refractivity contribution in [1.82, 2.24) is 9.97 Å². The van der Waals surface area contributed by atoms with E-state index in [-0.39, 0.29) is 10.8 Å². The summed E-state index contributed by atoms with van der Waals surface area (Å²) in [5, 5.41) is 9.03. The molecular weight excluding hydrogens is 292 g/mol. The number of halogens is 1. The molecule has 0 aliphatic rings. The first-order chi connectivity index (χ1) is 9.95. The van der Waals surface area contributed by atoms with Crippen molar-refractivity contribution in [3.8, 4) is 5.75 Å². The van der Waals surface area contributed by atoms with Gasteiger partial charge in [-0.3, -0.25) is 0 Å². The molecular formula is C15H15ClN2O3. The number of carbonyl (C=O) groups is 1. The van der Waals surface area contributed by atoms with Gasteiger partial charge in [-0.15, -0.1) is 0 Å². The van der Waals surface area contributed by atoms with E-state index in [0.29, 0.717) is 18.9 Å². The maximum atomic E-state index is 10.9. The summed E-state index contributed by atoms with van der Waals surface area (Å²) in [7, 11) is 0. The molecule has 5 nitrogen and oxygen atoms in total. The Bertz CT molecular complexity index is 674. The van der Waals surface area contributed by atoms with E-state index in [0.717, 1.165) is 11.3 Å². The zero-order valence-corrected chi connectivity index (χ0v) is 12.5. The highest BCUT2D eigenvalue weighted by Gasteiger charge is 2.09. The van der Waals surface area contributed by atoms with Crippen LogP contribution in [0.4, 0.5) is 0 Å². The quantitative estimate of drug-likeness (QED) is 0.859.